The Labute approximate surface area is 171 Å². The van der Waals surface area contributed by atoms with Gasteiger partial charge in [0.05, 0.1) is 12.7 Å². The lowest BCUT2D eigenvalue weighted by Crippen LogP contribution is -2.49. The lowest BCUT2D eigenvalue weighted by Gasteiger charge is -2.25. The van der Waals surface area contributed by atoms with Gasteiger partial charge in [0, 0.05) is 13.0 Å². The summed E-state index contributed by atoms with van der Waals surface area (Å²) < 4.78 is 0. The third kappa shape index (κ3) is 7.24. The van der Waals surface area contributed by atoms with E-state index in [0.717, 1.165) is 16.7 Å². The highest BCUT2D eigenvalue weighted by molar-refractivity contribution is 5.76. The molecule has 29 heavy (non-hydrogen) atoms. The van der Waals surface area contributed by atoms with Gasteiger partial charge in [-0.1, -0.05) is 39.8 Å². The van der Waals surface area contributed by atoms with E-state index in [-0.39, 0.29) is 30.0 Å². The number of phenols is 1. The van der Waals surface area contributed by atoms with Crippen molar-refractivity contribution >= 4 is 5.91 Å². The minimum atomic E-state index is -1.73. The van der Waals surface area contributed by atoms with Crippen LogP contribution in [0.5, 0.6) is 5.75 Å². The van der Waals surface area contributed by atoms with Gasteiger partial charge in [0.15, 0.2) is 0 Å². The monoisotopic (exact) mass is 413 g/mol. The second kappa shape index (κ2) is 10.9. The van der Waals surface area contributed by atoms with Crippen LogP contribution in [0.1, 0.15) is 50.8 Å². The number of aryl methyl sites for hydroxylation is 2. The molecule has 0 aliphatic carbocycles. The lowest BCUT2D eigenvalue weighted by atomic mass is 9.83. The van der Waals surface area contributed by atoms with Crippen LogP contribution in [-0.2, 0) is 23.1 Å². The molecule has 7 N–H and O–H groups in total. The molecule has 0 aromatic heterocycles. The highest BCUT2D eigenvalue weighted by atomic mass is 16.4. The van der Waals surface area contributed by atoms with E-state index in [2.05, 4.69) is 5.32 Å². The molecule has 1 aromatic carbocycles. The van der Waals surface area contributed by atoms with Crippen LogP contribution < -0.4 is 5.32 Å². The number of carbonyl (C=O) groups excluding carboxylic acids is 1. The molecule has 1 rings (SSSR count). The van der Waals surface area contributed by atoms with Crippen LogP contribution in [0.3, 0.4) is 0 Å². The highest BCUT2D eigenvalue weighted by Gasteiger charge is 2.30. The van der Waals surface area contributed by atoms with E-state index in [1.54, 1.807) is 0 Å². The molecule has 166 valence electrons. The van der Waals surface area contributed by atoms with E-state index in [0.29, 0.717) is 12.8 Å². The van der Waals surface area contributed by atoms with Crippen molar-refractivity contribution in [1.29, 1.82) is 0 Å². The summed E-state index contributed by atoms with van der Waals surface area (Å²) in [4.78, 5) is 12.1. The Hall–Kier alpha value is -1.71. The predicted octanol–water partition coefficient (Wildman–Crippen LogP) is -0.263. The van der Waals surface area contributed by atoms with Crippen LogP contribution in [0.2, 0.25) is 0 Å². The summed E-state index contributed by atoms with van der Waals surface area (Å²) in [5.41, 5.74) is 2.32. The molecule has 8 nitrogen and oxygen atoms in total. The van der Waals surface area contributed by atoms with E-state index < -0.39 is 31.0 Å². The van der Waals surface area contributed by atoms with E-state index in [4.69, 9.17) is 5.11 Å². The first-order chi connectivity index (χ1) is 13.4. The summed E-state index contributed by atoms with van der Waals surface area (Å²) in [6, 6.07) is 3.77. The number of aliphatic hydroxyl groups excluding tert-OH is 5. The first-order valence-electron chi connectivity index (χ1n) is 9.87. The van der Waals surface area contributed by atoms with Crippen molar-refractivity contribution in [2.75, 3.05) is 13.2 Å². The maximum atomic E-state index is 12.1. The van der Waals surface area contributed by atoms with Crippen LogP contribution in [0.15, 0.2) is 12.1 Å². The van der Waals surface area contributed by atoms with Crippen LogP contribution in [0.4, 0.5) is 0 Å². The van der Waals surface area contributed by atoms with Crippen LogP contribution in [0, 0.1) is 0 Å². The first-order valence-corrected chi connectivity index (χ1v) is 9.87. The fraction of sp³-hybridized carbons (Fsp3) is 0.667. The van der Waals surface area contributed by atoms with Gasteiger partial charge in [-0.25, -0.2) is 0 Å². The second-order valence-electron chi connectivity index (χ2n) is 8.36. The molecule has 0 aliphatic heterocycles. The summed E-state index contributed by atoms with van der Waals surface area (Å²) in [5.74, 6) is -0.0641. The average Bonchev–Trinajstić information content (AvgIpc) is 2.68. The third-order valence-electron chi connectivity index (χ3n) is 4.91. The third-order valence-corrected chi connectivity index (χ3v) is 4.91. The highest BCUT2D eigenvalue weighted by Crippen LogP contribution is 2.35. The molecule has 4 atom stereocenters. The zero-order chi connectivity index (χ0) is 22.4. The lowest BCUT2D eigenvalue weighted by molar-refractivity contribution is -0.126. The van der Waals surface area contributed by atoms with Crippen molar-refractivity contribution in [3.8, 4) is 5.75 Å². The Morgan fingerprint density at radius 3 is 2.17 bits per heavy atom. The molecule has 1 aromatic rings. The van der Waals surface area contributed by atoms with E-state index in [1.807, 2.05) is 39.8 Å². The fourth-order valence-electron chi connectivity index (χ4n) is 2.99. The van der Waals surface area contributed by atoms with Crippen molar-refractivity contribution in [2.24, 2.45) is 0 Å². The van der Waals surface area contributed by atoms with Gasteiger partial charge in [0.1, 0.15) is 24.1 Å². The molecule has 0 spiro atoms. The number of rotatable bonds is 10. The Morgan fingerprint density at radius 2 is 1.66 bits per heavy atom. The smallest absolute Gasteiger partial charge is 0.220 e. The zero-order valence-electron chi connectivity index (χ0n) is 17.6. The number of hydrogen-bond acceptors (Lipinski definition) is 7. The van der Waals surface area contributed by atoms with Crippen LogP contribution in [0.25, 0.3) is 0 Å². The van der Waals surface area contributed by atoms with Gasteiger partial charge in [-0.3, -0.25) is 4.79 Å². The molecule has 0 heterocycles. The normalized spacial score (nSPS) is 16.2. The number of aliphatic hydroxyl groups is 5. The van der Waals surface area contributed by atoms with Gasteiger partial charge in [0.2, 0.25) is 5.91 Å². The molecule has 4 unspecified atom stereocenters. The minimum Gasteiger partial charge on any atom is -0.507 e. The molecule has 0 radical (unpaired) electrons. The van der Waals surface area contributed by atoms with Crippen molar-refractivity contribution in [3.05, 3.63) is 28.8 Å². The summed E-state index contributed by atoms with van der Waals surface area (Å²) in [6.07, 6.45) is -5.28. The molecular formula is C21H35NO7. The summed E-state index contributed by atoms with van der Waals surface area (Å²) in [5, 5.41) is 60.2. The number of benzene rings is 1. The van der Waals surface area contributed by atoms with Gasteiger partial charge in [-0.15, -0.1) is 0 Å². The molecule has 0 saturated carbocycles. The standard InChI is InChI=1S/C21H35NO7/c1-5-13-8-12(9-14(18(13)27)21(2,3)4)6-7-17(26)22-10-15(24)19(28)20(29)16(25)11-23/h8-9,15-16,19-20,23-25,27-29H,5-7,10-11H2,1-4H3,(H,22,26). The summed E-state index contributed by atoms with van der Waals surface area (Å²) >= 11 is 0. The quantitative estimate of drug-likeness (QED) is 0.279. The van der Waals surface area contributed by atoms with Crippen molar-refractivity contribution in [2.45, 2.75) is 76.8 Å². The zero-order valence-corrected chi connectivity index (χ0v) is 17.6. The molecule has 0 saturated heterocycles. The first kappa shape index (κ1) is 25.3. The van der Waals surface area contributed by atoms with E-state index in [1.165, 1.54) is 0 Å². The Kier molecular flexibility index (Phi) is 9.51. The van der Waals surface area contributed by atoms with Crippen molar-refractivity contribution in [1.82, 2.24) is 5.32 Å². The Morgan fingerprint density at radius 1 is 1.07 bits per heavy atom. The van der Waals surface area contributed by atoms with Gasteiger partial charge < -0.3 is 36.0 Å². The maximum absolute atomic E-state index is 12.1. The van der Waals surface area contributed by atoms with Gasteiger partial charge in [-0.05, 0) is 34.9 Å². The van der Waals surface area contributed by atoms with Gasteiger partial charge >= 0.3 is 0 Å². The van der Waals surface area contributed by atoms with Crippen LogP contribution >= 0.6 is 0 Å². The van der Waals surface area contributed by atoms with Crippen molar-refractivity contribution < 1.29 is 35.4 Å². The molecular weight excluding hydrogens is 378 g/mol. The number of phenolic OH excluding ortho intramolecular Hbond substituents is 1. The van der Waals surface area contributed by atoms with E-state index >= 15 is 0 Å². The minimum absolute atomic E-state index is 0.141. The number of carbonyl (C=O) groups is 1. The SMILES string of the molecule is CCc1cc(CCC(=O)NCC(O)C(O)C(O)C(O)CO)cc(C(C)(C)C)c1O. The van der Waals surface area contributed by atoms with E-state index in [9.17, 15) is 30.3 Å². The number of hydrogen-bond donors (Lipinski definition) is 7. The molecule has 0 bridgehead atoms. The number of aromatic hydroxyl groups is 1. The van der Waals surface area contributed by atoms with Crippen LogP contribution in [-0.4, -0.2) is 74.1 Å². The van der Waals surface area contributed by atoms with Gasteiger partial charge in [-0.2, -0.15) is 0 Å². The molecule has 8 heteroatoms. The number of nitrogens with one attached hydrogen (secondary N) is 1. The van der Waals surface area contributed by atoms with Gasteiger partial charge in [0.25, 0.3) is 0 Å². The second-order valence-corrected chi connectivity index (χ2v) is 8.36. The molecule has 1 amide bonds. The summed E-state index contributed by atoms with van der Waals surface area (Å²) in [7, 11) is 0. The largest absolute Gasteiger partial charge is 0.507 e. The Bertz CT molecular complexity index is 672. The molecule has 0 aliphatic rings. The fourth-order valence-corrected chi connectivity index (χ4v) is 2.99. The Balaban J connectivity index is 2.67. The molecule has 0 fully saturated rings. The van der Waals surface area contributed by atoms with Crippen molar-refractivity contribution in [3.63, 3.8) is 0 Å². The number of amides is 1. The summed E-state index contributed by atoms with van der Waals surface area (Å²) in [6.45, 7) is 6.90. The average molecular weight is 414 g/mol. The topological polar surface area (TPSA) is 150 Å². The predicted molar refractivity (Wildman–Crippen MR) is 109 cm³/mol. The maximum Gasteiger partial charge on any atom is 0.220 e.